The highest BCUT2D eigenvalue weighted by molar-refractivity contribution is 5.95. The topological polar surface area (TPSA) is 61.6 Å². The standard InChI is InChI=1S/C11H13NO3/c12-10-4-2-1-3-9(10)11(13)15-8-5-6-14-7-8/h1-4,8H,5-7,12H2. The van der Waals surface area contributed by atoms with Crippen LogP contribution >= 0.6 is 0 Å². The highest BCUT2D eigenvalue weighted by Crippen LogP contribution is 2.15. The van der Waals surface area contributed by atoms with Crippen LogP contribution in [-0.4, -0.2) is 25.3 Å². The second-order valence-corrected chi connectivity index (χ2v) is 3.48. The van der Waals surface area contributed by atoms with Crippen LogP contribution in [-0.2, 0) is 9.47 Å². The molecule has 1 aliphatic rings. The van der Waals surface area contributed by atoms with E-state index in [1.807, 2.05) is 0 Å². The predicted molar refractivity (Wildman–Crippen MR) is 55.5 cm³/mol. The van der Waals surface area contributed by atoms with Crippen molar-refractivity contribution in [3.8, 4) is 0 Å². The van der Waals surface area contributed by atoms with E-state index in [0.29, 0.717) is 24.5 Å². The molecular formula is C11H13NO3. The smallest absolute Gasteiger partial charge is 0.340 e. The first-order valence-corrected chi connectivity index (χ1v) is 4.90. The summed E-state index contributed by atoms with van der Waals surface area (Å²) in [5.41, 5.74) is 6.53. The Hall–Kier alpha value is -1.55. The molecule has 1 fully saturated rings. The molecule has 15 heavy (non-hydrogen) atoms. The number of nitrogen functional groups attached to an aromatic ring is 1. The molecule has 1 atom stereocenters. The van der Waals surface area contributed by atoms with Crippen LogP contribution in [0.2, 0.25) is 0 Å². The molecule has 0 saturated carbocycles. The monoisotopic (exact) mass is 207 g/mol. The molecule has 80 valence electrons. The Morgan fingerprint density at radius 2 is 2.27 bits per heavy atom. The van der Waals surface area contributed by atoms with Gasteiger partial charge in [-0.25, -0.2) is 4.79 Å². The van der Waals surface area contributed by atoms with Gasteiger partial charge in [-0.2, -0.15) is 0 Å². The van der Waals surface area contributed by atoms with Crippen molar-refractivity contribution in [2.45, 2.75) is 12.5 Å². The third kappa shape index (κ3) is 2.27. The van der Waals surface area contributed by atoms with Crippen LogP contribution < -0.4 is 5.73 Å². The van der Waals surface area contributed by atoms with Crippen LogP contribution in [0.15, 0.2) is 24.3 Å². The van der Waals surface area contributed by atoms with Crippen molar-refractivity contribution in [1.29, 1.82) is 0 Å². The Bertz CT molecular complexity index is 359. The number of rotatable bonds is 2. The molecule has 1 unspecified atom stereocenters. The summed E-state index contributed by atoms with van der Waals surface area (Å²) in [6.45, 7) is 1.14. The van der Waals surface area contributed by atoms with Crippen molar-refractivity contribution in [3.05, 3.63) is 29.8 Å². The van der Waals surface area contributed by atoms with Gasteiger partial charge < -0.3 is 15.2 Å². The molecule has 2 N–H and O–H groups in total. The molecule has 0 aromatic heterocycles. The molecule has 0 spiro atoms. The van der Waals surface area contributed by atoms with Crippen LogP contribution in [0.3, 0.4) is 0 Å². The maximum Gasteiger partial charge on any atom is 0.340 e. The maximum atomic E-state index is 11.7. The fourth-order valence-electron chi connectivity index (χ4n) is 1.50. The lowest BCUT2D eigenvalue weighted by Crippen LogP contribution is -2.18. The quantitative estimate of drug-likeness (QED) is 0.585. The Morgan fingerprint density at radius 3 is 2.93 bits per heavy atom. The van der Waals surface area contributed by atoms with Crippen LogP contribution in [0.25, 0.3) is 0 Å². The molecule has 1 heterocycles. The molecule has 4 nitrogen and oxygen atoms in total. The van der Waals surface area contributed by atoms with E-state index in [-0.39, 0.29) is 12.1 Å². The van der Waals surface area contributed by atoms with Gasteiger partial charge in [-0.3, -0.25) is 0 Å². The number of benzene rings is 1. The van der Waals surface area contributed by atoms with E-state index in [0.717, 1.165) is 6.42 Å². The third-order valence-electron chi connectivity index (χ3n) is 2.34. The first kappa shape index (κ1) is 9.98. The van der Waals surface area contributed by atoms with Crippen LogP contribution in [0.5, 0.6) is 0 Å². The summed E-state index contributed by atoms with van der Waals surface area (Å²) < 4.78 is 10.3. The van der Waals surface area contributed by atoms with Gasteiger partial charge in [-0.15, -0.1) is 0 Å². The highest BCUT2D eigenvalue weighted by Gasteiger charge is 2.21. The van der Waals surface area contributed by atoms with Gasteiger partial charge in [0, 0.05) is 12.1 Å². The maximum absolute atomic E-state index is 11.7. The minimum atomic E-state index is -0.372. The summed E-state index contributed by atoms with van der Waals surface area (Å²) in [5.74, 6) is -0.372. The zero-order valence-electron chi connectivity index (χ0n) is 8.31. The molecule has 0 radical (unpaired) electrons. The first-order valence-electron chi connectivity index (χ1n) is 4.90. The summed E-state index contributed by atoms with van der Waals surface area (Å²) in [6, 6.07) is 6.89. The molecule has 0 bridgehead atoms. The highest BCUT2D eigenvalue weighted by atomic mass is 16.6. The van der Waals surface area contributed by atoms with E-state index in [9.17, 15) is 4.79 Å². The van der Waals surface area contributed by atoms with Gasteiger partial charge in [-0.05, 0) is 12.1 Å². The SMILES string of the molecule is Nc1ccccc1C(=O)OC1CCOC1. The number of hydrogen-bond donors (Lipinski definition) is 1. The van der Waals surface area contributed by atoms with Gasteiger partial charge in [0.25, 0.3) is 0 Å². The van der Waals surface area contributed by atoms with Crippen molar-refractivity contribution in [2.24, 2.45) is 0 Å². The minimum Gasteiger partial charge on any atom is -0.456 e. The Kier molecular flexibility index (Phi) is 2.87. The summed E-state index contributed by atoms with van der Waals surface area (Å²) in [7, 11) is 0. The average molecular weight is 207 g/mol. The van der Waals surface area contributed by atoms with E-state index in [1.54, 1.807) is 24.3 Å². The van der Waals surface area contributed by atoms with Crippen LogP contribution in [0.1, 0.15) is 16.8 Å². The lowest BCUT2D eigenvalue weighted by molar-refractivity contribution is 0.0272. The normalized spacial score (nSPS) is 20.1. The molecule has 0 amide bonds. The van der Waals surface area contributed by atoms with E-state index in [2.05, 4.69) is 0 Å². The van der Waals surface area contributed by atoms with Gasteiger partial charge >= 0.3 is 5.97 Å². The predicted octanol–water partition coefficient (Wildman–Crippen LogP) is 1.21. The lowest BCUT2D eigenvalue weighted by Gasteiger charge is -2.10. The number of carbonyl (C=O) groups is 1. The fourth-order valence-corrected chi connectivity index (χ4v) is 1.50. The molecular weight excluding hydrogens is 194 g/mol. The van der Waals surface area contributed by atoms with Crippen molar-refractivity contribution in [1.82, 2.24) is 0 Å². The second-order valence-electron chi connectivity index (χ2n) is 3.48. The van der Waals surface area contributed by atoms with Crippen molar-refractivity contribution in [3.63, 3.8) is 0 Å². The minimum absolute atomic E-state index is 0.128. The number of para-hydroxylation sites is 1. The molecule has 1 aromatic rings. The van der Waals surface area contributed by atoms with Gasteiger partial charge in [0.15, 0.2) is 0 Å². The molecule has 1 aliphatic heterocycles. The third-order valence-corrected chi connectivity index (χ3v) is 2.34. The number of carbonyl (C=O) groups excluding carboxylic acids is 1. The fraction of sp³-hybridized carbons (Fsp3) is 0.364. The summed E-state index contributed by atoms with van der Waals surface area (Å²) in [6.07, 6.45) is 0.635. The van der Waals surface area contributed by atoms with Gasteiger partial charge in [0.05, 0.1) is 18.8 Å². The number of hydrogen-bond acceptors (Lipinski definition) is 4. The van der Waals surface area contributed by atoms with E-state index in [1.165, 1.54) is 0 Å². The lowest BCUT2D eigenvalue weighted by atomic mass is 10.2. The van der Waals surface area contributed by atoms with E-state index < -0.39 is 0 Å². The summed E-state index contributed by atoms with van der Waals surface area (Å²) >= 11 is 0. The number of nitrogens with two attached hydrogens (primary N) is 1. The molecule has 2 rings (SSSR count). The van der Waals surface area contributed by atoms with Gasteiger partial charge in [0.1, 0.15) is 6.10 Å². The zero-order valence-corrected chi connectivity index (χ0v) is 8.31. The van der Waals surface area contributed by atoms with Crippen molar-refractivity contribution < 1.29 is 14.3 Å². The molecule has 0 aliphatic carbocycles. The molecule has 1 saturated heterocycles. The Balaban J connectivity index is 2.04. The first-order chi connectivity index (χ1) is 7.27. The summed E-state index contributed by atoms with van der Waals surface area (Å²) in [4.78, 5) is 11.7. The largest absolute Gasteiger partial charge is 0.456 e. The van der Waals surface area contributed by atoms with Crippen LogP contribution in [0.4, 0.5) is 5.69 Å². The Labute approximate surface area is 88.0 Å². The molecule has 1 aromatic carbocycles. The van der Waals surface area contributed by atoms with Crippen molar-refractivity contribution >= 4 is 11.7 Å². The van der Waals surface area contributed by atoms with Crippen LogP contribution in [0, 0.1) is 0 Å². The van der Waals surface area contributed by atoms with E-state index >= 15 is 0 Å². The zero-order chi connectivity index (χ0) is 10.7. The number of anilines is 1. The average Bonchev–Trinajstić information content (AvgIpc) is 2.71. The van der Waals surface area contributed by atoms with Gasteiger partial charge in [-0.1, -0.05) is 12.1 Å². The van der Waals surface area contributed by atoms with Gasteiger partial charge in [0.2, 0.25) is 0 Å². The Morgan fingerprint density at radius 1 is 1.47 bits per heavy atom. The number of esters is 1. The second kappa shape index (κ2) is 4.31. The van der Waals surface area contributed by atoms with Crippen molar-refractivity contribution in [2.75, 3.05) is 18.9 Å². The number of ether oxygens (including phenoxy) is 2. The van der Waals surface area contributed by atoms with E-state index in [4.69, 9.17) is 15.2 Å². The molecule has 4 heteroatoms. The summed E-state index contributed by atoms with van der Waals surface area (Å²) in [5, 5.41) is 0.